The van der Waals surface area contributed by atoms with Crippen LogP contribution < -0.4 is 5.32 Å². The van der Waals surface area contributed by atoms with E-state index in [9.17, 15) is 9.59 Å². The van der Waals surface area contributed by atoms with Crippen LogP contribution in [0.2, 0.25) is 5.02 Å². The van der Waals surface area contributed by atoms with Crippen LogP contribution in [-0.2, 0) is 21.9 Å². The van der Waals surface area contributed by atoms with E-state index < -0.39 is 6.04 Å². The number of rotatable bonds is 8. The van der Waals surface area contributed by atoms with Crippen LogP contribution in [0.4, 0.5) is 0 Å². The summed E-state index contributed by atoms with van der Waals surface area (Å²) in [5.41, 5.74) is 3.24. The summed E-state index contributed by atoms with van der Waals surface area (Å²) >= 11 is 7.52. The summed E-state index contributed by atoms with van der Waals surface area (Å²) in [4.78, 5) is 26.6. The number of likely N-dealkylation sites (N-methyl/N-ethyl adjacent to an activating group) is 1. The van der Waals surface area contributed by atoms with Crippen LogP contribution in [0.25, 0.3) is 0 Å². The lowest BCUT2D eigenvalue weighted by atomic mass is 10.1. The van der Waals surface area contributed by atoms with Gasteiger partial charge in [0, 0.05) is 24.4 Å². The first-order valence-electron chi connectivity index (χ1n) is 8.79. The quantitative estimate of drug-likeness (QED) is 0.722. The number of carbonyl (C=O) groups is 2. The van der Waals surface area contributed by atoms with Crippen molar-refractivity contribution < 1.29 is 9.59 Å². The van der Waals surface area contributed by atoms with E-state index in [1.54, 1.807) is 18.9 Å². The van der Waals surface area contributed by atoms with Gasteiger partial charge >= 0.3 is 0 Å². The van der Waals surface area contributed by atoms with Gasteiger partial charge in [0.05, 0.1) is 5.75 Å². The number of halogens is 1. The van der Waals surface area contributed by atoms with Crippen LogP contribution >= 0.6 is 23.4 Å². The van der Waals surface area contributed by atoms with E-state index in [-0.39, 0.29) is 11.8 Å². The molecule has 1 atom stereocenters. The second-order valence-corrected chi connectivity index (χ2v) is 7.84. The van der Waals surface area contributed by atoms with Crippen molar-refractivity contribution in [2.24, 2.45) is 0 Å². The average molecular weight is 405 g/mol. The Bertz CT molecular complexity index is 780. The van der Waals surface area contributed by atoms with E-state index in [0.29, 0.717) is 23.1 Å². The van der Waals surface area contributed by atoms with Crippen molar-refractivity contribution >= 4 is 35.2 Å². The molecule has 4 nitrogen and oxygen atoms in total. The maximum atomic E-state index is 12.8. The number of carbonyl (C=O) groups excluding carboxylic acids is 2. The fraction of sp³-hybridized carbons (Fsp3) is 0.333. The number of hydrogen-bond acceptors (Lipinski definition) is 3. The summed E-state index contributed by atoms with van der Waals surface area (Å²) in [5.74, 6) is 0.771. The molecular weight excluding hydrogens is 380 g/mol. The number of nitrogens with zero attached hydrogens (tertiary/aromatic N) is 1. The number of aryl methyl sites for hydroxylation is 1. The van der Waals surface area contributed by atoms with Gasteiger partial charge < -0.3 is 10.2 Å². The van der Waals surface area contributed by atoms with Crippen molar-refractivity contribution in [3.63, 3.8) is 0 Å². The highest BCUT2D eigenvalue weighted by atomic mass is 35.5. The van der Waals surface area contributed by atoms with E-state index in [2.05, 4.69) is 5.32 Å². The molecule has 0 heterocycles. The third-order valence-corrected chi connectivity index (χ3v) is 5.49. The van der Waals surface area contributed by atoms with Crippen LogP contribution in [0.15, 0.2) is 48.5 Å². The molecule has 2 aromatic rings. The molecule has 0 aliphatic heterocycles. The fourth-order valence-electron chi connectivity index (χ4n) is 2.65. The van der Waals surface area contributed by atoms with Gasteiger partial charge in [-0.2, -0.15) is 0 Å². The van der Waals surface area contributed by atoms with Gasteiger partial charge in [0.1, 0.15) is 6.04 Å². The fourth-order valence-corrected chi connectivity index (χ4v) is 3.72. The second kappa shape index (κ2) is 10.4. The van der Waals surface area contributed by atoms with Gasteiger partial charge in [0.15, 0.2) is 0 Å². The molecule has 0 unspecified atom stereocenters. The van der Waals surface area contributed by atoms with E-state index in [4.69, 9.17) is 11.6 Å². The summed E-state index contributed by atoms with van der Waals surface area (Å²) in [6.45, 7) is 4.18. The molecule has 0 aliphatic carbocycles. The van der Waals surface area contributed by atoms with E-state index in [0.717, 1.165) is 16.7 Å². The molecule has 0 aliphatic rings. The minimum Gasteiger partial charge on any atom is -0.357 e. The molecule has 0 bridgehead atoms. The third-order valence-electron chi connectivity index (χ3n) is 4.27. The number of hydrogen-bond donors (Lipinski definition) is 1. The van der Waals surface area contributed by atoms with E-state index in [1.165, 1.54) is 11.8 Å². The van der Waals surface area contributed by atoms with Crippen LogP contribution in [0.3, 0.4) is 0 Å². The Morgan fingerprint density at radius 2 is 1.85 bits per heavy atom. The van der Waals surface area contributed by atoms with Crippen LogP contribution in [0, 0.1) is 6.92 Å². The van der Waals surface area contributed by atoms with Crippen LogP contribution in [0.5, 0.6) is 0 Å². The number of benzene rings is 2. The zero-order valence-corrected chi connectivity index (χ0v) is 17.4. The maximum Gasteiger partial charge on any atom is 0.242 e. The van der Waals surface area contributed by atoms with Crippen LogP contribution in [-0.4, -0.2) is 35.6 Å². The Kier molecular flexibility index (Phi) is 8.20. The highest BCUT2D eigenvalue weighted by molar-refractivity contribution is 7.99. The van der Waals surface area contributed by atoms with Crippen molar-refractivity contribution in [3.8, 4) is 0 Å². The molecule has 2 aromatic carbocycles. The van der Waals surface area contributed by atoms with Crippen molar-refractivity contribution in [2.75, 3.05) is 12.8 Å². The molecule has 0 saturated carbocycles. The van der Waals surface area contributed by atoms with E-state index in [1.807, 2.05) is 55.5 Å². The first-order valence-corrected chi connectivity index (χ1v) is 10.3. The molecule has 2 amide bonds. The molecular formula is C21H25ClN2O2S. The van der Waals surface area contributed by atoms with Gasteiger partial charge in [-0.1, -0.05) is 53.6 Å². The highest BCUT2D eigenvalue weighted by Gasteiger charge is 2.25. The summed E-state index contributed by atoms with van der Waals surface area (Å²) < 4.78 is 0. The largest absolute Gasteiger partial charge is 0.357 e. The smallest absolute Gasteiger partial charge is 0.242 e. The molecule has 1 N–H and O–H groups in total. The summed E-state index contributed by atoms with van der Waals surface area (Å²) in [6.07, 6.45) is 0. The lowest BCUT2D eigenvalue weighted by molar-refractivity contribution is -0.138. The monoisotopic (exact) mass is 404 g/mol. The number of nitrogens with one attached hydrogen (secondary N) is 1. The van der Waals surface area contributed by atoms with Crippen molar-refractivity contribution in [1.29, 1.82) is 0 Å². The Morgan fingerprint density at radius 1 is 1.15 bits per heavy atom. The molecule has 0 aromatic heterocycles. The predicted octanol–water partition coefficient (Wildman–Crippen LogP) is 4.04. The van der Waals surface area contributed by atoms with Crippen molar-refractivity contribution in [3.05, 3.63) is 70.2 Å². The van der Waals surface area contributed by atoms with Crippen molar-refractivity contribution in [2.45, 2.75) is 32.2 Å². The van der Waals surface area contributed by atoms with Gasteiger partial charge in [-0.3, -0.25) is 9.59 Å². The lowest BCUT2D eigenvalue weighted by Crippen LogP contribution is -2.47. The Labute approximate surface area is 170 Å². The topological polar surface area (TPSA) is 49.4 Å². The standard InChI is InChI=1S/C21H25ClN2O2S/c1-15-7-9-17(10-8-15)12-24(16(2)21(26)23-3)20(25)14-27-13-18-5-4-6-19(22)11-18/h4-11,16H,12-14H2,1-3H3,(H,23,26)/t16-/m1/s1. The zero-order chi connectivity index (χ0) is 19.8. The van der Waals surface area contributed by atoms with Gasteiger partial charge in [-0.15, -0.1) is 11.8 Å². The first kappa shape index (κ1) is 21.3. The third kappa shape index (κ3) is 6.60. The SMILES string of the molecule is CNC(=O)[C@@H](C)N(Cc1ccc(C)cc1)C(=O)CSCc1cccc(Cl)c1. The molecule has 0 radical (unpaired) electrons. The molecule has 0 saturated heterocycles. The van der Waals surface area contributed by atoms with Gasteiger partial charge in [-0.05, 0) is 37.1 Å². The summed E-state index contributed by atoms with van der Waals surface area (Å²) in [6, 6.07) is 15.1. The molecule has 0 spiro atoms. The lowest BCUT2D eigenvalue weighted by Gasteiger charge is -2.28. The van der Waals surface area contributed by atoms with Gasteiger partial charge in [0.25, 0.3) is 0 Å². The maximum absolute atomic E-state index is 12.8. The molecule has 144 valence electrons. The number of amides is 2. The minimum atomic E-state index is -0.532. The zero-order valence-electron chi connectivity index (χ0n) is 15.9. The first-order chi connectivity index (χ1) is 12.9. The van der Waals surface area contributed by atoms with Gasteiger partial charge in [0.2, 0.25) is 11.8 Å². The molecule has 27 heavy (non-hydrogen) atoms. The molecule has 2 rings (SSSR count). The number of thioether (sulfide) groups is 1. The predicted molar refractivity (Wildman–Crippen MR) is 113 cm³/mol. The minimum absolute atomic E-state index is 0.0568. The van der Waals surface area contributed by atoms with Crippen LogP contribution in [0.1, 0.15) is 23.6 Å². The Morgan fingerprint density at radius 3 is 2.48 bits per heavy atom. The summed E-state index contributed by atoms with van der Waals surface area (Å²) in [5, 5.41) is 3.32. The Balaban J connectivity index is 2.03. The Hall–Kier alpha value is -1.98. The average Bonchev–Trinajstić information content (AvgIpc) is 2.66. The van der Waals surface area contributed by atoms with Crippen molar-refractivity contribution in [1.82, 2.24) is 10.2 Å². The normalized spacial score (nSPS) is 11.7. The summed E-state index contributed by atoms with van der Waals surface area (Å²) in [7, 11) is 1.58. The van der Waals surface area contributed by atoms with E-state index >= 15 is 0 Å². The molecule has 0 fully saturated rings. The molecule has 6 heteroatoms. The highest BCUT2D eigenvalue weighted by Crippen LogP contribution is 2.18. The second-order valence-electron chi connectivity index (χ2n) is 6.42. The van der Waals surface area contributed by atoms with Gasteiger partial charge in [-0.25, -0.2) is 0 Å².